The Bertz CT molecular complexity index is 216. The fraction of sp³-hybridized carbons (Fsp3) is 1.00. The molecule has 0 aromatic carbocycles. The molecule has 0 aromatic rings. The highest BCUT2D eigenvalue weighted by Crippen LogP contribution is 2.33. The first-order chi connectivity index (χ1) is 8.25. The lowest BCUT2D eigenvalue weighted by Crippen LogP contribution is -2.52. The maximum atomic E-state index is 5.70. The van der Waals surface area contributed by atoms with Crippen LogP contribution in [0.1, 0.15) is 33.1 Å². The predicted octanol–water partition coefficient (Wildman–Crippen LogP) is 1.73. The van der Waals surface area contributed by atoms with Crippen LogP contribution in [0.2, 0.25) is 0 Å². The van der Waals surface area contributed by atoms with Gasteiger partial charge in [0.15, 0.2) is 0 Å². The minimum Gasteiger partial charge on any atom is -0.380 e. The average Bonchev–Trinajstić information content (AvgIpc) is 3.12. The quantitative estimate of drug-likeness (QED) is 0.686. The summed E-state index contributed by atoms with van der Waals surface area (Å²) in [6.07, 6.45) is 4.07. The molecule has 3 nitrogen and oxygen atoms in total. The molecular formula is C14H28N2O. The van der Waals surface area contributed by atoms with Gasteiger partial charge in [0.25, 0.3) is 0 Å². The molecule has 2 fully saturated rings. The van der Waals surface area contributed by atoms with Crippen LogP contribution in [-0.2, 0) is 4.74 Å². The van der Waals surface area contributed by atoms with E-state index in [-0.39, 0.29) is 0 Å². The normalized spacial score (nSPS) is 26.6. The van der Waals surface area contributed by atoms with Gasteiger partial charge in [-0.1, -0.05) is 13.8 Å². The molecule has 0 radical (unpaired) electrons. The Hall–Kier alpha value is -0.120. The Kier molecular flexibility index (Phi) is 5.26. The van der Waals surface area contributed by atoms with Gasteiger partial charge in [-0.25, -0.2) is 0 Å². The maximum Gasteiger partial charge on any atom is 0.0593 e. The van der Waals surface area contributed by atoms with Gasteiger partial charge in [-0.15, -0.1) is 0 Å². The second-order valence-electron chi connectivity index (χ2n) is 5.99. The Morgan fingerprint density at radius 1 is 1.29 bits per heavy atom. The smallest absolute Gasteiger partial charge is 0.0593 e. The van der Waals surface area contributed by atoms with Gasteiger partial charge in [0.2, 0.25) is 0 Å². The third kappa shape index (κ3) is 4.94. The van der Waals surface area contributed by atoms with Gasteiger partial charge in [-0.3, -0.25) is 4.90 Å². The zero-order valence-corrected chi connectivity index (χ0v) is 11.5. The Morgan fingerprint density at radius 3 is 2.82 bits per heavy atom. The van der Waals surface area contributed by atoms with Gasteiger partial charge in [0.1, 0.15) is 0 Å². The molecule has 1 atom stereocenters. The van der Waals surface area contributed by atoms with Crippen LogP contribution >= 0.6 is 0 Å². The minimum absolute atomic E-state index is 0.758. The van der Waals surface area contributed by atoms with Crippen molar-refractivity contribution in [1.82, 2.24) is 10.2 Å². The highest BCUT2D eigenvalue weighted by molar-refractivity contribution is 4.91. The van der Waals surface area contributed by atoms with Crippen molar-refractivity contribution in [3.05, 3.63) is 0 Å². The molecule has 0 bridgehead atoms. The van der Waals surface area contributed by atoms with Crippen LogP contribution in [0, 0.1) is 11.8 Å². The zero-order valence-electron chi connectivity index (χ0n) is 11.5. The van der Waals surface area contributed by atoms with Gasteiger partial charge >= 0.3 is 0 Å². The van der Waals surface area contributed by atoms with Crippen molar-refractivity contribution < 1.29 is 4.74 Å². The summed E-state index contributed by atoms with van der Waals surface area (Å²) < 4.78 is 5.70. The van der Waals surface area contributed by atoms with Crippen LogP contribution in [0.5, 0.6) is 0 Å². The Labute approximate surface area is 106 Å². The summed E-state index contributed by atoms with van der Waals surface area (Å²) in [6.45, 7) is 11.0. The van der Waals surface area contributed by atoms with E-state index in [1.807, 2.05) is 0 Å². The van der Waals surface area contributed by atoms with Gasteiger partial charge in [-0.2, -0.15) is 0 Å². The van der Waals surface area contributed by atoms with Crippen molar-refractivity contribution in [2.24, 2.45) is 11.8 Å². The molecule has 100 valence electrons. The number of piperazine rings is 1. The molecule has 0 aromatic heterocycles. The predicted molar refractivity (Wildman–Crippen MR) is 71.2 cm³/mol. The number of nitrogens with one attached hydrogen (secondary N) is 1. The van der Waals surface area contributed by atoms with Crippen molar-refractivity contribution in [3.8, 4) is 0 Å². The number of nitrogens with zero attached hydrogens (tertiary/aromatic N) is 1. The fourth-order valence-corrected chi connectivity index (χ4v) is 2.47. The average molecular weight is 240 g/mol. The monoisotopic (exact) mass is 240 g/mol. The van der Waals surface area contributed by atoms with Gasteiger partial charge in [0, 0.05) is 38.8 Å². The summed E-state index contributed by atoms with van der Waals surface area (Å²) >= 11 is 0. The van der Waals surface area contributed by atoms with E-state index in [2.05, 4.69) is 24.1 Å². The lowest BCUT2D eigenvalue weighted by Gasteiger charge is -2.33. The van der Waals surface area contributed by atoms with Gasteiger partial charge in [-0.05, 0) is 31.1 Å². The lowest BCUT2D eigenvalue weighted by atomic mass is 10.1. The Morgan fingerprint density at radius 2 is 2.12 bits per heavy atom. The first-order valence-electron chi connectivity index (χ1n) is 7.29. The number of hydrogen-bond donors (Lipinski definition) is 1. The van der Waals surface area contributed by atoms with E-state index in [1.165, 1.54) is 32.4 Å². The highest BCUT2D eigenvalue weighted by atomic mass is 16.5. The highest BCUT2D eigenvalue weighted by Gasteiger charge is 2.33. The molecule has 0 spiro atoms. The van der Waals surface area contributed by atoms with Crippen molar-refractivity contribution in [1.29, 1.82) is 0 Å². The van der Waals surface area contributed by atoms with E-state index >= 15 is 0 Å². The number of rotatable bonds is 7. The van der Waals surface area contributed by atoms with Crippen LogP contribution in [0.3, 0.4) is 0 Å². The minimum atomic E-state index is 0.758. The van der Waals surface area contributed by atoms with Crippen LogP contribution in [0.15, 0.2) is 0 Å². The van der Waals surface area contributed by atoms with Crippen LogP contribution in [-0.4, -0.2) is 50.3 Å². The van der Waals surface area contributed by atoms with Crippen molar-refractivity contribution >= 4 is 0 Å². The van der Waals surface area contributed by atoms with E-state index in [1.54, 1.807) is 0 Å². The molecule has 2 aliphatic rings. The summed E-state index contributed by atoms with van der Waals surface area (Å²) in [6, 6.07) is 0.763. The first-order valence-corrected chi connectivity index (χ1v) is 7.29. The number of ether oxygens (including phenoxy) is 1. The van der Waals surface area contributed by atoms with Gasteiger partial charge in [0.05, 0.1) is 6.61 Å². The summed E-state index contributed by atoms with van der Waals surface area (Å²) in [5.74, 6) is 1.73. The molecule has 1 saturated carbocycles. The van der Waals surface area contributed by atoms with Crippen LogP contribution in [0.25, 0.3) is 0 Å². The number of hydrogen-bond acceptors (Lipinski definition) is 3. The lowest BCUT2D eigenvalue weighted by molar-refractivity contribution is 0.0837. The zero-order chi connectivity index (χ0) is 12.1. The summed E-state index contributed by atoms with van der Waals surface area (Å²) in [5.41, 5.74) is 0. The van der Waals surface area contributed by atoms with E-state index in [0.29, 0.717) is 0 Å². The topological polar surface area (TPSA) is 24.5 Å². The van der Waals surface area contributed by atoms with E-state index in [0.717, 1.165) is 44.2 Å². The van der Waals surface area contributed by atoms with Crippen molar-refractivity contribution in [2.45, 2.75) is 39.2 Å². The molecule has 17 heavy (non-hydrogen) atoms. The third-order valence-corrected chi connectivity index (χ3v) is 3.87. The van der Waals surface area contributed by atoms with E-state index in [9.17, 15) is 0 Å². The van der Waals surface area contributed by atoms with Crippen LogP contribution < -0.4 is 5.32 Å². The molecular weight excluding hydrogens is 212 g/mol. The van der Waals surface area contributed by atoms with Crippen molar-refractivity contribution in [3.63, 3.8) is 0 Å². The molecule has 1 aliphatic heterocycles. The molecule has 3 heteroatoms. The standard InChI is InChI=1S/C14H28N2O/c1-12(2)5-9-17-10-8-16-7-6-15-14(11-16)13-3-4-13/h12-15H,3-11H2,1-2H3. The SMILES string of the molecule is CC(C)CCOCCN1CCNC(C2CC2)C1. The molecule has 1 heterocycles. The molecule has 1 unspecified atom stereocenters. The molecule has 2 rings (SSSR count). The van der Waals surface area contributed by atoms with Crippen LogP contribution in [0.4, 0.5) is 0 Å². The molecule has 1 saturated heterocycles. The largest absolute Gasteiger partial charge is 0.380 e. The first kappa shape index (κ1) is 13.3. The second-order valence-corrected chi connectivity index (χ2v) is 5.99. The third-order valence-electron chi connectivity index (χ3n) is 3.87. The fourth-order valence-electron chi connectivity index (χ4n) is 2.47. The van der Waals surface area contributed by atoms with E-state index in [4.69, 9.17) is 4.74 Å². The van der Waals surface area contributed by atoms with E-state index < -0.39 is 0 Å². The van der Waals surface area contributed by atoms with Crippen molar-refractivity contribution in [2.75, 3.05) is 39.4 Å². The second kappa shape index (κ2) is 6.72. The summed E-state index contributed by atoms with van der Waals surface area (Å²) in [4.78, 5) is 2.56. The molecule has 0 amide bonds. The Balaban J connectivity index is 1.52. The molecule has 1 aliphatic carbocycles. The summed E-state index contributed by atoms with van der Waals surface area (Å²) in [5, 5.41) is 3.65. The van der Waals surface area contributed by atoms with Gasteiger partial charge < -0.3 is 10.1 Å². The molecule has 1 N–H and O–H groups in total. The summed E-state index contributed by atoms with van der Waals surface area (Å²) in [7, 11) is 0. The maximum absolute atomic E-state index is 5.70.